The highest BCUT2D eigenvalue weighted by atomic mass is 19.1. The standard InChI is InChI=1S/C21H17FN6O/c1-21(10-19-25-6-7-28(19)20(24)27-21)15-8-13(2-4-16(15)22)9-18(29)17-5-3-14(11-23)12-26-17/h2-8,12H,9-10H2,1H3,(H2,24,27)/t21-/m0/s1. The molecule has 7 nitrogen and oxygen atoms in total. The molecule has 0 spiro atoms. The summed E-state index contributed by atoms with van der Waals surface area (Å²) in [5.74, 6) is 0.299. The van der Waals surface area contributed by atoms with Crippen LogP contribution in [0.15, 0.2) is 53.9 Å². The first-order valence-electron chi connectivity index (χ1n) is 8.96. The number of carbonyl (C=O) groups is 1. The minimum absolute atomic E-state index is 0.0517. The molecule has 0 saturated heterocycles. The van der Waals surface area contributed by atoms with Gasteiger partial charge in [-0.1, -0.05) is 6.07 Å². The predicted molar refractivity (Wildman–Crippen MR) is 104 cm³/mol. The third kappa shape index (κ3) is 3.38. The Balaban J connectivity index is 1.63. The van der Waals surface area contributed by atoms with Gasteiger partial charge < -0.3 is 5.73 Å². The fraction of sp³-hybridized carbons (Fsp3) is 0.190. The molecule has 0 fully saturated rings. The molecular weight excluding hydrogens is 371 g/mol. The van der Waals surface area contributed by atoms with Crippen LogP contribution in [0.25, 0.3) is 0 Å². The number of Topliss-reactive ketones (excluding diaryl/α,β-unsaturated/α-hetero) is 1. The predicted octanol–water partition coefficient (Wildman–Crippen LogP) is 2.35. The van der Waals surface area contributed by atoms with E-state index in [0.29, 0.717) is 28.9 Å². The molecule has 1 atom stereocenters. The first-order valence-corrected chi connectivity index (χ1v) is 8.96. The summed E-state index contributed by atoms with van der Waals surface area (Å²) in [6.07, 6.45) is 5.12. The molecule has 3 aromatic rings. The van der Waals surface area contributed by atoms with Gasteiger partial charge in [0, 0.05) is 37.0 Å². The molecule has 1 aliphatic heterocycles. The lowest BCUT2D eigenvalue weighted by Gasteiger charge is -2.31. The number of benzene rings is 1. The normalized spacial score (nSPS) is 17.9. The number of nitrogens with zero attached hydrogens (tertiary/aromatic N) is 5. The van der Waals surface area contributed by atoms with Gasteiger partial charge in [0.15, 0.2) is 5.78 Å². The summed E-state index contributed by atoms with van der Waals surface area (Å²) in [5, 5.41) is 8.84. The average Bonchev–Trinajstić information content (AvgIpc) is 3.18. The van der Waals surface area contributed by atoms with Gasteiger partial charge in [-0.25, -0.2) is 14.4 Å². The van der Waals surface area contributed by atoms with Crippen molar-refractivity contribution in [3.8, 4) is 6.07 Å². The number of nitrogens with two attached hydrogens (primary N) is 1. The molecule has 0 unspecified atom stereocenters. The highest BCUT2D eigenvalue weighted by molar-refractivity contribution is 5.95. The molecule has 1 aliphatic rings. The van der Waals surface area contributed by atoms with Crippen LogP contribution in [0.1, 0.15) is 39.9 Å². The van der Waals surface area contributed by atoms with E-state index in [4.69, 9.17) is 11.0 Å². The van der Waals surface area contributed by atoms with E-state index in [1.807, 2.05) is 6.07 Å². The average molecular weight is 388 g/mol. The summed E-state index contributed by atoms with van der Waals surface area (Å²) in [7, 11) is 0. The fourth-order valence-electron chi connectivity index (χ4n) is 3.48. The number of aliphatic imine (C=N–C) groups is 1. The van der Waals surface area contributed by atoms with Crippen LogP contribution in [0.4, 0.5) is 4.39 Å². The Morgan fingerprint density at radius 2 is 2.17 bits per heavy atom. The summed E-state index contributed by atoms with van der Waals surface area (Å²) in [4.78, 5) is 25.4. The molecule has 0 amide bonds. The largest absolute Gasteiger partial charge is 0.369 e. The van der Waals surface area contributed by atoms with Gasteiger partial charge in [-0.2, -0.15) is 5.26 Å². The Labute approximate surface area is 166 Å². The van der Waals surface area contributed by atoms with Crippen molar-refractivity contribution in [2.75, 3.05) is 0 Å². The zero-order valence-electron chi connectivity index (χ0n) is 15.6. The lowest BCUT2D eigenvalue weighted by atomic mass is 9.86. The first kappa shape index (κ1) is 18.5. The van der Waals surface area contributed by atoms with Crippen LogP contribution in [0.2, 0.25) is 0 Å². The number of ketones is 1. The van der Waals surface area contributed by atoms with Crippen LogP contribution < -0.4 is 5.73 Å². The van der Waals surface area contributed by atoms with Gasteiger partial charge in [-0.05, 0) is 36.8 Å². The number of imidazole rings is 1. The maximum atomic E-state index is 14.7. The minimum Gasteiger partial charge on any atom is -0.369 e. The molecule has 0 bridgehead atoms. The van der Waals surface area contributed by atoms with E-state index in [1.165, 1.54) is 18.3 Å². The van der Waals surface area contributed by atoms with Crippen molar-refractivity contribution in [2.24, 2.45) is 10.7 Å². The Kier molecular flexibility index (Phi) is 4.43. The fourth-order valence-corrected chi connectivity index (χ4v) is 3.48. The number of pyridine rings is 1. The number of carbonyl (C=O) groups excluding carboxylic acids is 1. The third-order valence-corrected chi connectivity index (χ3v) is 4.98. The molecule has 0 aliphatic carbocycles. The summed E-state index contributed by atoms with van der Waals surface area (Å²) < 4.78 is 16.4. The van der Waals surface area contributed by atoms with Crippen molar-refractivity contribution in [2.45, 2.75) is 25.3 Å². The molecular formula is C21H17FN6O. The zero-order valence-corrected chi connectivity index (χ0v) is 15.6. The van der Waals surface area contributed by atoms with Crippen molar-refractivity contribution in [3.05, 3.63) is 82.9 Å². The lowest BCUT2D eigenvalue weighted by Crippen LogP contribution is -2.38. The number of aromatic nitrogens is 3. The minimum atomic E-state index is -0.929. The van der Waals surface area contributed by atoms with Crippen LogP contribution in [-0.2, 0) is 18.4 Å². The number of rotatable bonds is 4. The molecule has 0 radical (unpaired) electrons. The molecule has 1 aromatic carbocycles. The number of fused-ring (bicyclic) bond motifs is 1. The Bertz CT molecular complexity index is 1170. The molecule has 144 valence electrons. The van der Waals surface area contributed by atoms with E-state index in [9.17, 15) is 9.18 Å². The first-order chi connectivity index (χ1) is 13.9. The van der Waals surface area contributed by atoms with E-state index in [2.05, 4.69) is 15.0 Å². The number of hydrogen-bond donors (Lipinski definition) is 1. The van der Waals surface area contributed by atoms with Gasteiger partial charge in [0.05, 0.1) is 11.1 Å². The third-order valence-electron chi connectivity index (χ3n) is 4.98. The quantitative estimate of drug-likeness (QED) is 0.690. The number of hydrogen-bond acceptors (Lipinski definition) is 6. The Hall–Kier alpha value is -3.86. The van der Waals surface area contributed by atoms with Crippen LogP contribution in [0.5, 0.6) is 0 Å². The zero-order chi connectivity index (χ0) is 20.6. The van der Waals surface area contributed by atoms with Crippen LogP contribution in [-0.4, -0.2) is 26.3 Å². The topological polar surface area (TPSA) is 110 Å². The van der Waals surface area contributed by atoms with E-state index in [0.717, 1.165) is 0 Å². The van der Waals surface area contributed by atoms with Crippen molar-refractivity contribution in [1.29, 1.82) is 5.26 Å². The maximum Gasteiger partial charge on any atom is 0.201 e. The van der Waals surface area contributed by atoms with Crippen molar-refractivity contribution >= 4 is 11.7 Å². The highest BCUT2D eigenvalue weighted by Crippen LogP contribution is 2.34. The smallest absolute Gasteiger partial charge is 0.201 e. The van der Waals surface area contributed by atoms with E-state index in [1.54, 1.807) is 42.1 Å². The van der Waals surface area contributed by atoms with Crippen LogP contribution in [0, 0.1) is 17.1 Å². The number of nitriles is 1. The summed E-state index contributed by atoms with van der Waals surface area (Å²) in [6, 6.07) is 9.56. The molecule has 2 N–H and O–H groups in total. The molecule has 2 aromatic heterocycles. The van der Waals surface area contributed by atoms with Gasteiger partial charge in [0.1, 0.15) is 23.4 Å². The summed E-state index contributed by atoms with van der Waals surface area (Å²) >= 11 is 0. The van der Waals surface area contributed by atoms with Crippen molar-refractivity contribution in [1.82, 2.24) is 14.5 Å². The van der Waals surface area contributed by atoms with E-state index >= 15 is 0 Å². The number of halogens is 1. The maximum absolute atomic E-state index is 14.7. The SMILES string of the molecule is C[C@@]1(c2cc(CC(=O)c3ccc(C#N)cn3)ccc2F)Cc2nccn2C(N)=N1. The monoisotopic (exact) mass is 388 g/mol. The Morgan fingerprint density at radius 1 is 1.34 bits per heavy atom. The van der Waals surface area contributed by atoms with Crippen molar-refractivity contribution in [3.63, 3.8) is 0 Å². The van der Waals surface area contributed by atoms with E-state index < -0.39 is 11.4 Å². The van der Waals surface area contributed by atoms with Gasteiger partial charge in [-0.3, -0.25) is 14.3 Å². The van der Waals surface area contributed by atoms with E-state index in [-0.39, 0.29) is 23.9 Å². The van der Waals surface area contributed by atoms with Crippen molar-refractivity contribution < 1.29 is 9.18 Å². The lowest BCUT2D eigenvalue weighted by molar-refractivity contribution is 0.0988. The second-order valence-electron chi connectivity index (χ2n) is 7.09. The summed E-state index contributed by atoms with van der Waals surface area (Å²) in [5.41, 5.74) is 6.73. The molecule has 3 heterocycles. The summed E-state index contributed by atoms with van der Waals surface area (Å²) in [6.45, 7) is 1.80. The van der Waals surface area contributed by atoms with Gasteiger partial charge >= 0.3 is 0 Å². The Morgan fingerprint density at radius 3 is 2.90 bits per heavy atom. The van der Waals surface area contributed by atoms with Gasteiger partial charge in [0.2, 0.25) is 5.96 Å². The molecule has 29 heavy (non-hydrogen) atoms. The molecule has 4 rings (SSSR count). The van der Waals surface area contributed by atoms with Crippen LogP contribution in [0.3, 0.4) is 0 Å². The van der Waals surface area contributed by atoms with Gasteiger partial charge in [0.25, 0.3) is 0 Å². The molecule has 0 saturated carbocycles. The second kappa shape index (κ2) is 6.95. The highest BCUT2D eigenvalue weighted by Gasteiger charge is 2.35. The van der Waals surface area contributed by atoms with Crippen LogP contribution >= 0.6 is 0 Å². The second-order valence-corrected chi connectivity index (χ2v) is 7.09. The van der Waals surface area contributed by atoms with Gasteiger partial charge in [-0.15, -0.1) is 0 Å². The molecule has 8 heteroatoms.